The van der Waals surface area contributed by atoms with Crippen LogP contribution in [0.25, 0.3) is 0 Å². The fraction of sp³-hybridized carbons (Fsp3) is 0.588. The van der Waals surface area contributed by atoms with E-state index in [-0.39, 0.29) is 5.78 Å². The SMILES string of the molecule is CCC(=O)c1ccc(NCCN2CCCCCC2)cc1. The lowest BCUT2D eigenvalue weighted by atomic mass is 10.1. The van der Waals surface area contributed by atoms with E-state index < -0.39 is 0 Å². The molecule has 110 valence electrons. The summed E-state index contributed by atoms with van der Waals surface area (Å²) in [6.45, 7) is 6.46. The van der Waals surface area contributed by atoms with Gasteiger partial charge in [0, 0.05) is 30.8 Å². The fourth-order valence-corrected chi connectivity index (χ4v) is 2.70. The number of hydrogen-bond acceptors (Lipinski definition) is 3. The Labute approximate surface area is 122 Å². The van der Waals surface area contributed by atoms with Crippen LogP contribution in [0.2, 0.25) is 0 Å². The van der Waals surface area contributed by atoms with Crippen LogP contribution in [0.4, 0.5) is 5.69 Å². The maximum Gasteiger partial charge on any atom is 0.162 e. The maximum atomic E-state index is 11.6. The van der Waals surface area contributed by atoms with Crippen molar-refractivity contribution in [3.63, 3.8) is 0 Å². The number of benzene rings is 1. The molecule has 1 aromatic carbocycles. The lowest BCUT2D eigenvalue weighted by Gasteiger charge is -2.20. The monoisotopic (exact) mass is 274 g/mol. The molecule has 0 aliphatic carbocycles. The Balaban J connectivity index is 1.74. The minimum atomic E-state index is 0.209. The smallest absolute Gasteiger partial charge is 0.162 e. The highest BCUT2D eigenvalue weighted by Crippen LogP contribution is 2.12. The first kappa shape index (κ1) is 15.0. The van der Waals surface area contributed by atoms with Gasteiger partial charge in [-0.05, 0) is 50.2 Å². The van der Waals surface area contributed by atoms with Crippen LogP contribution in [0.3, 0.4) is 0 Å². The lowest BCUT2D eigenvalue weighted by molar-refractivity contribution is 0.0988. The summed E-state index contributed by atoms with van der Waals surface area (Å²) in [5, 5.41) is 3.44. The Morgan fingerprint density at radius 1 is 1.10 bits per heavy atom. The third-order valence-electron chi connectivity index (χ3n) is 3.98. The zero-order valence-corrected chi connectivity index (χ0v) is 12.5. The molecule has 3 heteroatoms. The number of anilines is 1. The normalized spacial score (nSPS) is 16.6. The summed E-state index contributed by atoms with van der Waals surface area (Å²) in [5.41, 5.74) is 1.91. The van der Waals surface area contributed by atoms with E-state index in [1.54, 1.807) is 0 Å². The topological polar surface area (TPSA) is 32.3 Å². The molecular formula is C17H26N2O. The molecule has 1 aromatic rings. The third kappa shape index (κ3) is 4.64. The first-order valence-electron chi connectivity index (χ1n) is 7.89. The van der Waals surface area contributed by atoms with E-state index in [1.165, 1.54) is 38.8 Å². The van der Waals surface area contributed by atoms with Gasteiger partial charge in [-0.1, -0.05) is 19.8 Å². The van der Waals surface area contributed by atoms with Gasteiger partial charge in [0.25, 0.3) is 0 Å². The predicted octanol–water partition coefficient (Wildman–Crippen LogP) is 3.57. The van der Waals surface area contributed by atoms with E-state index in [1.807, 2.05) is 31.2 Å². The van der Waals surface area contributed by atoms with E-state index in [4.69, 9.17) is 0 Å². The Bertz CT molecular complexity index is 406. The number of rotatable bonds is 6. The van der Waals surface area contributed by atoms with Gasteiger partial charge < -0.3 is 10.2 Å². The number of nitrogens with zero attached hydrogens (tertiary/aromatic N) is 1. The van der Waals surface area contributed by atoms with E-state index >= 15 is 0 Å². The molecule has 0 amide bonds. The molecule has 3 nitrogen and oxygen atoms in total. The summed E-state index contributed by atoms with van der Waals surface area (Å²) in [6.07, 6.45) is 6.02. The summed E-state index contributed by atoms with van der Waals surface area (Å²) in [4.78, 5) is 14.1. The molecule has 0 spiro atoms. The Morgan fingerprint density at radius 2 is 1.75 bits per heavy atom. The first-order valence-corrected chi connectivity index (χ1v) is 7.89. The molecule has 1 fully saturated rings. The van der Waals surface area contributed by atoms with Gasteiger partial charge in [0.2, 0.25) is 0 Å². The lowest BCUT2D eigenvalue weighted by Crippen LogP contribution is -2.29. The molecule has 1 heterocycles. The van der Waals surface area contributed by atoms with Crippen molar-refractivity contribution in [1.82, 2.24) is 4.90 Å². The average molecular weight is 274 g/mol. The zero-order valence-electron chi connectivity index (χ0n) is 12.5. The first-order chi connectivity index (χ1) is 9.79. The van der Waals surface area contributed by atoms with E-state index in [0.717, 1.165) is 24.3 Å². The molecule has 1 saturated heterocycles. The highest BCUT2D eigenvalue weighted by Gasteiger charge is 2.08. The quantitative estimate of drug-likeness (QED) is 0.805. The maximum absolute atomic E-state index is 11.6. The van der Waals surface area contributed by atoms with Crippen molar-refractivity contribution in [1.29, 1.82) is 0 Å². The standard InChI is InChI=1S/C17H26N2O/c1-2-17(20)15-7-9-16(10-8-15)18-11-14-19-12-5-3-4-6-13-19/h7-10,18H,2-6,11-14H2,1H3. The van der Waals surface area contributed by atoms with Gasteiger partial charge in [-0.2, -0.15) is 0 Å². The zero-order chi connectivity index (χ0) is 14.2. The van der Waals surface area contributed by atoms with Gasteiger partial charge in [-0.15, -0.1) is 0 Å². The minimum Gasteiger partial charge on any atom is -0.384 e. The number of nitrogens with one attached hydrogen (secondary N) is 1. The third-order valence-corrected chi connectivity index (χ3v) is 3.98. The van der Waals surface area contributed by atoms with Crippen LogP contribution in [0.1, 0.15) is 49.4 Å². The number of likely N-dealkylation sites (tertiary alicyclic amines) is 1. The van der Waals surface area contributed by atoms with Crippen molar-refractivity contribution in [2.75, 3.05) is 31.5 Å². The highest BCUT2D eigenvalue weighted by molar-refractivity contribution is 5.96. The van der Waals surface area contributed by atoms with Crippen molar-refractivity contribution in [3.8, 4) is 0 Å². The van der Waals surface area contributed by atoms with Gasteiger partial charge in [0.05, 0.1) is 0 Å². The summed E-state index contributed by atoms with van der Waals surface area (Å²) in [7, 11) is 0. The highest BCUT2D eigenvalue weighted by atomic mass is 16.1. The number of carbonyl (C=O) groups excluding carboxylic acids is 1. The van der Waals surface area contributed by atoms with Crippen molar-refractivity contribution in [2.45, 2.75) is 39.0 Å². The summed E-state index contributed by atoms with van der Waals surface area (Å²) < 4.78 is 0. The Morgan fingerprint density at radius 3 is 2.35 bits per heavy atom. The van der Waals surface area contributed by atoms with Crippen LogP contribution in [0, 0.1) is 0 Å². The van der Waals surface area contributed by atoms with Gasteiger partial charge in [0.15, 0.2) is 5.78 Å². The molecule has 1 aliphatic heterocycles. The largest absolute Gasteiger partial charge is 0.384 e. The van der Waals surface area contributed by atoms with Gasteiger partial charge in [0.1, 0.15) is 0 Å². The van der Waals surface area contributed by atoms with Crippen molar-refractivity contribution in [2.24, 2.45) is 0 Å². The molecule has 0 saturated carbocycles. The van der Waals surface area contributed by atoms with Crippen molar-refractivity contribution >= 4 is 11.5 Å². The molecule has 1 aliphatic rings. The second-order valence-electron chi connectivity index (χ2n) is 5.54. The molecule has 0 radical (unpaired) electrons. The van der Waals surface area contributed by atoms with Gasteiger partial charge in [-0.25, -0.2) is 0 Å². The van der Waals surface area contributed by atoms with Crippen LogP contribution in [0.5, 0.6) is 0 Å². The number of ketones is 1. The molecule has 0 aromatic heterocycles. The van der Waals surface area contributed by atoms with E-state index in [9.17, 15) is 4.79 Å². The molecule has 0 unspecified atom stereocenters. The van der Waals surface area contributed by atoms with Gasteiger partial charge >= 0.3 is 0 Å². The second-order valence-corrected chi connectivity index (χ2v) is 5.54. The van der Waals surface area contributed by atoms with Crippen molar-refractivity contribution in [3.05, 3.63) is 29.8 Å². The number of hydrogen-bond donors (Lipinski definition) is 1. The van der Waals surface area contributed by atoms with Crippen LogP contribution >= 0.6 is 0 Å². The second kappa shape index (κ2) is 8.05. The van der Waals surface area contributed by atoms with Crippen LogP contribution in [0.15, 0.2) is 24.3 Å². The van der Waals surface area contributed by atoms with E-state index in [2.05, 4.69) is 10.2 Å². The molecular weight excluding hydrogens is 248 g/mol. The number of carbonyl (C=O) groups is 1. The molecule has 0 atom stereocenters. The summed E-state index contributed by atoms with van der Waals surface area (Å²) in [5.74, 6) is 0.209. The summed E-state index contributed by atoms with van der Waals surface area (Å²) in [6, 6.07) is 7.84. The van der Waals surface area contributed by atoms with Gasteiger partial charge in [-0.3, -0.25) is 4.79 Å². The minimum absolute atomic E-state index is 0.209. The van der Waals surface area contributed by atoms with Crippen LogP contribution < -0.4 is 5.32 Å². The van der Waals surface area contributed by atoms with Crippen molar-refractivity contribution < 1.29 is 4.79 Å². The molecule has 0 bridgehead atoms. The fourth-order valence-electron chi connectivity index (χ4n) is 2.70. The average Bonchev–Trinajstić information content (AvgIpc) is 2.76. The Hall–Kier alpha value is -1.35. The van der Waals surface area contributed by atoms with E-state index in [0.29, 0.717) is 6.42 Å². The predicted molar refractivity (Wildman–Crippen MR) is 84.5 cm³/mol. The molecule has 1 N–H and O–H groups in total. The molecule has 2 rings (SSSR count). The summed E-state index contributed by atoms with van der Waals surface area (Å²) >= 11 is 0. The Kier molecular flexibility index (Phi) is 6.06. The number of Topliss-reactive ketones (excluding diaryl/α,β-unsaturated/α-hetero) is 1. The van der Waals surface area contributed by atoms with Crippen LogP contribution in [-0.2, 0) is 0 Å². The molecule has 20 heavy (non-hydrogen) atoms. The van der Waals surface area contributed by atoms with Crippen LogP contribution in [-0.4, -0.2) is 36.9 Å².